The average Bonchev–Trinajstić information content (AvgIpc) is 2.33. The van der Waals surface area contributed by atoms with Crippen LogP contribution in [0.2, 0.25) is 0 Å². The fourth-order valence-electron chi connectivity index (χ4n) is 1.17. The summed E-state index contributed by atoms with van der Waals surface area (Å²) in [5.74, 6) is 0.824. The highest BCUT2D eigenvalue weighted by Gasteiger charge is 2.02. The van der Waals surface area contributed by atoms with Crippen molar-refractivity contribution < 1.29 is 9.53 Å². The van der Waals surface area contributed by atoms with E-state index in [0.717, 1.165) is 5.75 Å². The number of hydrogen-bond acceptors (Lipinski definition) is 3. The van der Waals surface area contributed by atoms with Gasteiger partial charge in [-0.15, -0.1) is 11.8 Å². The summed E-state index contributed by atoms with van der Waals surface area (Å²) in [6.07, 6.45) is 0.0967. The predicted octanol–water partition coefficient (Wildman–Crippen LogP) is 2.32. The molecular formula is C13H19NO2S. The van der Waals surface area contributed by atoms with Crippen molar-refractivity contribution in [1.82, 2.24) is 5.32 Å². The third-order valence-electron chi connectivity index (χ3n) is 1.98. The van der Waals surface area contributed by atoms with Crippen molar-refractivity contribution in [1.29, 1.82) is 0 Å². The molecule has 0 saturated heterocycles. The summed E-state index contributed by atoms with van der Waals surface area (Å²) < 4.78 is 5.20. The topological polar surface area (TPSA) is 38.3 Å². The van der Waals surface area contributed by atoms with Gasteiger partial charge in [0.25, 0.3) is 0 Å². The fraction of sp³-hybridized carbons (Fsp3) is 0.462. The van der Waals surface area contributed by atoms with Gasteiger partial charge in [0.1, 0.15) is 6.61 Å². The Morgan fingerprint density at radius 3 is 2.71 bits per heavy atom. The molecule has 94 valence electrons. The van der Waals surface area contributed by atoms with Crippen LogP contribution in [0.15, 0.2) is 35.2 Å². The van der Waals surface area contributed by atoms with E-state index in [1.165, 1.54) is 4.90 Å². The maximum absolute atomic E-state index is 11.3. The van der Waals surface area contributed by atoms with E-state index < -0.39 is 0 Å². The lowest BCUT2D eigenvalue weighted by atomic mass is 10.4. The van der Waals surface area contributed by atoms with Gasteiger partial charge in [-0.25, -0.2) is 0 Å². The molecule has 0 bridgehead atoms. The standard InChI is InChI=1S/C13H19NO2S/c1-11(2)16-10-13(15)14-8-9-17-12-6-4-3-5-7-12/h3-7,11H,8-10H2,1-2H3,(H,14,15). The van der Waals surface area contributed by atoms with E-state index in [2.05, 4.69) is 17.4 Å². The summed E-state index contributed by atoms with van der Waals surface area (Å²) >= 11 is 1.73. The quantitative estimate of drug-likeness (QED) is 0.598. The average molecular weight is 253 g/mol. The molecule has 1 amide bonds. The summed E-state index contributed by atoms with van der Waals surface area (Å²) in [7, 11) is 0. The fourth-order valence-corrected chi connectivity index (χ4v) is 1.96. The molecule has 0 aromatic heterocycles. The third kappa shape index (κ3) is 7.02. The Bertz CT molecular complexity index is 327. The van der Waals surface area contributed by atoms with Crippen molar-refractivity contribution >= 4 is 17.7 Å². The van der Waals surface area contributed by atoms with E-state index in [1.54, 1.807) is 11.8 Å². The minimum Gasteiger partial charge on any atom is -0.369 e. The van der Waals surface area contributed by atoms with Crippen LogP contribution in [0.3, 0.4) is 0 Å². The first kappa shape index (κ1) is 14.1. The molecule has 0 atom stereocenters. The molecular weight excluding hydrogens is 234 g/mol. The maximum Gasteiger partial charge on any atom is 0.246 e. The number of nitrogens with one attached hydrogen (secondary N) is 1. The third-order valence-corrected chi connectivity index (χ3v) is 3.00. The van der Waals surface area contributed by atoms with Gasteiger partial charge in [-0.05, 0) is 26.0 Å². The molecule has 17 heavy (non-hydrogen) atoms. The minimum atomic E-state index is -0.0487. The first-order chi connectivity index (χ1) is 8.18. The molecule has 1 aromatic rings. The van der Waals surface area contributed by atoms with Crippen LogP contribution in [0.5, 0.6) is 0 Å². The van der Waals surface area contributed by atoms with Gasteiger partial charge in [-0.2, -0.15) is 0 Å². The van der Waals surface area contributed by atoms with Gasteiger partial charge in [-0.3, -0.25) is 4.79 Å². The highest BCUT2D eigenvalue weighted by atomic mass is 32.2. The van der Waals surface area contributed by atoms with Gasteiger partial charge >= 0.3 is 0 Å². The molecule has 3 nitrogen and oxygen atoms in total. The summed E-state index contributed by atoms with van der Waals surface area (Å²) in [5.41, 5.74) is 0. The molecule has 1 aromatic carbocycles. The zero-order valence-corrected chi connectivity index (χ0v) is 11.1. The minimum absolute atomic E-state index is 0.0487. The Labute approximate surface area is 107 Å². The highest BCUT2D eigenvalue weighted by Crippen LogP contribution is 2.15. The second-order valence-electron chi connectivity index (χ2n) is 3.87. The molecule has 0 fully saturated rings. The van der Waals surface area contributed by atoms with E-state index >= 15 is 0 Å². The lowest BCUT2D eigenvalue weighted by Gasteiger charge is -2.08. The highest BCUT2D eigenvalue weighted by molar-refractivity contribution is 7.99. The number of ether oxygens (including phenoxy) is 1. The summed E-state index contributed by atoms with van der Waals surface area (Å²) in [6.45, 7) is 4.64. The van der Waals surface area contributed by atoms with Crippen molar-refractivity contribution in [2.24, 2.45) is 0 Å². The summed E-state index contributed by atoms with van der Waals surface area (Å²) in [6, 6.07) is 10.1. The molecule has 0 heterocycles. The van der Waals surface area contributed by atoms with Crippen LogP contribution in [0.1, 0.15) is 13.8 Å². The van der Waals surface area contributed by atoms with E-state index in [1.807, 2.05) is 32.0 Å². The first-order valence-corrected chi connectivity index (χ1v) is 6.73. The van der Waals surface area contributed by atoms with Gasteiger partial charge in [0.15, 0.2) is 0 Å². The predicted molar refractivity (Wildman–Crippen MR) is 71.3 cm³/mol. The second-order valence-corrected chi connectivity index (χ2v) is 5.04. The molecule has 4 heteroatoms. The monoisotopic (exact) mass is 253 g/mol. The van der Waals surface area contributed by atoms with Gasteiger partial charge in [0, 0.05) is 17.2 Å². The number of hydrogen-bond donors (Lipinski definition) is 1. The van der Waals surface area contributed by atoms with Gasteiger partial charge in [0.2, 0.25) is 5.91 Å². The molecule has 0 aliphatic rings. The largest absolute Gasteiger partial charge is 0.369 e. The van der Waals surface area contributed by atoms with Crippen molar-refractivity contribution in [3.63, 3.8) is 0 Å². The van der Waals surface area contributed by atoms with E-state index in [0.29, 0.717) is 6.54 Å². The van der Waals surface area contributed by atoms with Crippen molar-refractivity contribution in [3.8, 4) is 0 Å². The van der Waals surface area contributed by atoms with Crippen LogP contribution in [0, 0.1) is 0 Å². The van der Waals surface area contributed by atoms with Crippen molar-refractivity contribution in [3.05, 3.63) is 30.3 Å². The molecule has 1 rings (SSSR count). The zero-order chi connectivity index (χ0) is 12.5. The number of benzene rings is 1. The Kier molecular flexibility index (Phi) is 6.74. The van der Waals surface area contributed by atoms with Crippen molar-refractivity contribution in [2.45, 2.75) is 24.8 Å². The molecule has 1 N–H and O–H groups in total. The Morgan fingerprint density at radius 2 is 2.06 bits per heavy atom. The number of thioether (sulfide) groups is 1. The normalized spacial score (nSPS) is 10.5. The lowest BCUT2D eigenvalue weighted by molar-refractivity contribution is -0.126. The van der Waals surface area contributed by atoms with Crippen LogP contribution in [-0.4, -0.2) is 30.9 Å². The Hall–Kier alpha value is -1.00. The van der Waals surface area contributed by atoms with Gasteiger partial charge in [0.05, 0.1) is 6.10 Å². The SMILES string of the molecule is CC(C)OCC(=O)NCCSc1ccccc1. The van der Waals surface area contributed by atoms with Gasteiger partial charge in [-0.1, -0.05) is 18.2 Å². The summed E-state index contributed by atoms with van der Waals surface area (Å²) in [5, 5.41) is 2.82. The zero-order valence-electron chi connectivity index (χ0n) is 10.3. The molecule has 0 aliphatic carbocycles. The molecule has 0 saturated carbocycles. The summed E-state index contributed by atoms with van der Waals surface area (Å²) in [4.78, 5) is 12.5. The van der Waals surface area contributed by atoms with E-state index in [9.17, 15) is 4.79 Å². The number of rotatable bonds is 7. The molecule has 0 unspecified atom stereocenters. The molecule has 0 spiro atoms. The van der Waals surface area contributed by atoms with Gasteiger partial charge < -0.3 is 10.1 Å². The Balaban J connectivity index is 2.06. The van der Waals surface area contributed by atoms with Crippen molar-refractivity contribution in [2.75, 3.05) is 18.9 Å². The Morgan fingerprint density at radius 1 is 1.35 bits per heavy atom. The van der Waals surface area contributed by atoms with Crippen LogP contribution in [0.4, 0.5) is 0 Å². The van der Waals surface area contributed by atoms with E-state index in [-0.39, 0.29) is 18.6 Å². The lowest BCUT2D eigenvalue weighted by Crippen LogP contribution is -2.30. The van der Waals surface area contributed by atoms with Crippen LogP contribution >= 0.6 is 11.8 Å². The maximum atomic E-state index is 11.3. The number of amides is 1. The first-order valence-electron chi connectivity index (χ1n) is 5.74. The van der Waals surface area contributed by atoms with Crippen LogP contribution in [0.25, 0.3) is 0 Å². The number of carbonyl (C=O) groups excluding carboxylic acids is 1. The number of carbonyl (C=O) groups is 1. The van der Waals surface area contributed by atoms with Crippen LogP contribution in [-0.2, 0) is 9.53 Å². The molecule has 0 radical (unpaired) electrons. The smallest absolute Gasteiger partial charge is 0.246 e. The van der Waals surface area contributed by atoms with Crippen LogP contribution < -0.4 is 5.32 Å². The van der Waals surface area contributed by atoms with E-state index in [4.69, 9.17) is 4.74 Å². The second kappa shape index (κ2) is 8.14. The molecule has 0 aliphatic heterocycles.